The van der Waals surface area contributed by atoms with Gasteiger partial charge in [-0.3, -0.25) is 9.59 Å². The zero-order valence-corrected chi connectivity index (χ0v) is 9.43. The summed E-state index contributed by atoms with van der Waals surface area (Å²) in [6.07, 6.45) is 2.16. The van der Waals surface area contributed by atoms with E-state index in [0.717, 1.165) is 12.8 Å². The molecule has 0 bridgehead atoms. The van der Waals surface area contributed by atoms with E-state index in [4.69, 9.17) is 27.4 Å². The van der Waals surface area contributed by atoms with Gasteiger partial charge in [-0.1, -0.05) is 6.42 Å². The summed E-state index contributed by atoms with van der Waals surface area (Å²) >= 11 is 0. The second kappa shape index (κ2) is 10.3. The second-order valence-electron chi connectivity index (χ2n) is 3.36. The Hall–Kier alpha value is -1.18. The molecular weight excluding hydrogens is 214 g/mol. The first-order valence-corrected chi connectivity index (χ1v) is 4.99. The fourth-order valence-electron chi connectivity index (χ4n) is 0.632. The lowest BCUT2D eigenvalue weighted by Crippen LogP contribution is -2.29. The molecule has 0 aliphatic heterocycles. The van der Waals surface area contributed by atoms with Crippen molar-refractivity contribution in [2.24, 2.45) is 17.2 Å². The third-order valence-electron chi connectivity index (χ3n) is 1.68. The maximum atomic E-state index is 10.1. The highest BCUT2D eigenvalue weighted by atomic mass is 16.4. The minimum absolute atomic E-state index is 0.520. The Bertz CT molecular complexity index is 209. The third kappa shape index (κ3) is 12.8. The molecule has 7 heteroatoms. The molecular formula is C9H21N3O4. The summed E-state index contributed by atoms with van der Waals surface area (Å²) in [6, 6.07) is -1.45. The van der Waals surface area contributed by atoms with Crippen molar-refractivity contribution < 1.29 is 19.8 Å². The first-order valence-electron chi connectivity index (χ1n) is 4.99. The molecule has 0 saturated carbocycles. The van der Waals surface area contributed by atoms with Crippen LogP contribution in [0.5, 0.6) is 0 Å². The monoisotopic (exact) mass is 235 g/mol. The molecule has 0 aliphatic rings. The molecule has 7 nitrogen and oxygen atoms in total. The van der Waals surface area contributed by atoms with Crippen LogP contribution in [0.2, 0.25) is 0 Å². The van der Waals surface area contributed by atoms with Crippen LogP contribution >= 0.6 is 0 Å². The van der Waals surface area contributed by atoms with Gasteiger partial charge in [-0.25, -0.2) is 0 Å². The quantitative estimate of drug-likeness (QED) is 0.368. The summed E-state index contributed by atoms with van der Waals surface area (Å²) < 4.78 is 0. The van der Waals surface area contributed by atoms with Gasteiger partial charge in [0.05, 0.1) is 0 Å². The zero-order chi connectivity index (χ0) is 13.1. The normalized spacial score (nSPS) is 13.2. The number of rotatable bonds is 6. The molecule has 0 fully saturated rings. The fraction of sp³-hybridized carbons (Fsp3) is 0.778. The van der Waals surface area contributed by atoms with Crippen LogP contribution in [0.1, 0.15) is 26.2 Å². The average Bonchev–Trinajstić information content (AvgIpc) is 2.18. The van der Waals surface area contributed by atoms with Crippen LogP contribution in [0.25, 0.3) is 0 Å². The van der Waals surface area contributed by atoms with Crippen LogP contribution in [0.3, 0.4) is 0 Å². The van der Waals surface area contributed by atoms with Gasteiger partial charge in [0, 0.05) is 0 Å². The number of nitrogens with two attached hydrogens (primary N) is 3. The van der Waals surface area contributed by atoms with Gasteiger partial charge in [0.15, 0.2) is 0 Å². The first-order chi connectivity index (χ1) is 7.32. The standard InChI is InChI=1S/C6H14N2O2.C3H7NO2/c7-4-2-1-3-5(8)6(9)10;1-2(4)3(5)6/h5H,1-4,7-8H2,(H,9,10);2H,4H2,1H3,(H,5,6). The number of carboxylic acids is 2. The Labute approximate surface area is 94.6 Å². The summed E-state index contributed by atoms with van der Waals surface area (Å²) in [4.78, 5) is 19.7. The second-order valence-corrected chi connectivity index (χ2v) is 3.36. The van der Waals surface area contributed by atoms with Crippen LogP contribution in [0, 0.1) is 0 Å². The van der Waals surface area contributed by atoms with Crippen LogP contribution in [0.15, 0.2) is 0 Å². The van der Waals surface area contributed by atoms with Crippen molar-refractivity contribution in [3.63, 3.8) is 0 Å². The van der Waals surface area contributed by atoms with E-state index in [2.05, 4.69) is 0 Å². The molecule has 0 aromatic heterocycles. The Morgan fingerprint density at radius 2 is 1.56 bits per heavy atom. The highest BCUT2D eigenvalue weighted by Crippen LogP contribution is 1.96. The lowest BCUT2D eigenvalue weighted by atomic mass is 10.1. The van der Waals surface area contributed by atoms with E-state index in [0.29, 0.717) is 13.0 Å². The van der Waals surface area contributed by atoms with Crippen molar-refractivity contribution in [2.75, 3.05) is 6.54 Å². The van der Waals surface area contributed by atoms with Crippen molar-refractivity contribution >= 4 is 11.9 Å². The summed E-state index contributed by atoms with van der Waals surface area (Å²) in [5.74, 6) is -1.90. The third-order valence-corrected chi connectivity index (χ3v) is 1.68. The van der Waals surface area contributed by atoms with Gasteiger partial charge in [0.25, 0.3) is 0 Å². The Kier molecular flexibility index (Phi) is 11.1. The van der Waals surface area contributed by atoms with Crippen molar-refractivity contribution in [3.05, 3.63) is 0 Å². The summed E-state index contributed by atoms with van der Waals surface area (Å²) in [5.41, 5.74) is 15.3. The molecule has 96 valence electrons. The first kappa shape index (κ1) is 17.2. The predicted molar refractivity (Wildman–Crippen MR) is 59.8 cm³/mol. The van der Waals surface area contributed by atoms with Crippen LogP contribution in [-0.4, -0.2) is 40.8 Å². The summed E-state index contributed by atoms with van der Waals surface area (Å²) in [7, 11) is 0. The highest BCUT2D eigenvalue weighted by molar-refractivity contribution is 5.73. The largest absolute Gasteiger partial charge is 0.480 e. The molecule has 0 rings (SSSR count). The van der Waals surface area contributed by atoms with Gasteiger partial charge in [-0.2, -0.15) is 0 Å². The molecule has 2 unspecified atom stereocenters. The van der Waals surface area contributed by atoms with Crippen LogP contribution in [-0.2, 0) is 9.59 Å². The van der Waals surface area contributed by atoms with Gasteiger partial charge in [-0.05, 0) is 26.3 Å². The summed E-state index contributed by atoms with van der Waals surface area (Å²) in [5, 5.41) is 16.2. The van der Waals surface area contributed by atoms with Gasteiger partial charge in [-0.15, -0.1) is 0 Å². The topological polar surface area (TPSA) is 153 Å². The average molecular weight is 235 g/mol. The van der Waals surface area contributed by atoms with E-state index >= 15 is 0 Å². The molecule has 2 atom stereocenters. The van der Waals surface area contributed by atoms with Gasteiger partial charge in [0.2, 0.25) is 0 Å². The fourth-order valence-corrected chi connectivity index (χ4v) is 0.632. The number of aliphatic carboxylic acids is 2. The minimum atomic E-state index is -0.963. The number of hydrogen-bond acceptors (Lipinski definition) is 5. The smallest absolute Gasteiger partial charge is 0.320 e. The molecule has 0 radical (unpaired) electrons. The minimum Gasteiger partial charge on any atom is -0.480 e. The lowest BCUT2D eigenvalue weighted by Gasteiger charge is -2.03. The Morgan fingerprint density at radius 3 is 1.81 bits per heavy atom. The molecule has 0 heterocycles. The van der Waals surface area contributed by atoms with Gasteiger partial charge in [0.1, 0.15) is 12.1 Å². The van der Waals surface area contributed by atoms with E-state index < -0.39 is 24.0 Å². The maximum absolute atomic E-state index is 10.1. The van der Waals surface area contributed by atoms with Crippen LogP contribution < -0.4 is 17.2 Å². The Morgan fingerprint density at radius 1 is 1.12 bits per heavy atom. The van der Waals surface area contributed by atoms with E-state index in [1.54, 1.807) is 0 Å². The molecule has 8 N–H and O–H groups in total. The van der Waals surface area contributed by atoms with Crippen molar-refractivity contribution in [3.8, 4) is 0 Å². The molecule has 0 amide bonds. The van der Waals surface area contributed by atoms with Crippen LogP contribution in [0.4, 0.5) is 0 Å². The van der Waals surface area contributed by atoms with E-state index in [-0.39, 0.29) is 0 Å². The van der Waals surface area contributed by atoms with Gasteiger partial charge >= 0.3 is 11.9 Å². The van der Waals surface area contributed by atoms with Crippen molar-refractivity contribution in [2.45, 2.75) is 38.3 Å². The zero-order valence-electron chi connectivity index (χ0n) is 9.43. The molecule has 0 aliphatic carbocycles. The highest BCUT2D eigenvalue weighted by Gasteiger charge is 2.09. The molecule has 0 aromatic carbocycles. The maximum Gasteiger partial charge on any atom is 0.320 e. The number of hydrogen-bond donors (Lipinski definition) is 5. The Balaban J connectivity index is 0. The number of carbonyl (C=O) groups is 2. The SMILES string of the molecule is CC(N)C(=O)O.NCCCCC(N)C(=O)O. The molecule has 0 saturated heterocycles. The van der Waals surface area contributed by atoms with E-state index in [1.165, 1.54) is 6.92 Å². The van der Waals surface area contributed by atoms with Crippen molar-refractivity contribution in [1.82, 2.24) is 0 Å². The predicted octanol–water partition coefficient (Wildman–Crippen LogP) is -1.05. The van der Waals surface area contributed by atoms with E-state index in [1.807, 2.05) is 0 Å². The lowest BCUT2D eigenvalue weighted by molar-refractivity contribution is -0.139. The summed E-state index contributed by atoms with van der Waals surface area (Å²) in [6.45, 7) is 2.02. The van der Waals surface area contributed by atoms with Crippen molar-refractivity contribution in [1.29, 1.82) is 0 Å². The number of carboxylic acid groups (broad SMARTS) is 2. The molecule has 16 heavy (non-hydrogen) atoms. The molecule has 0 aromatic rings. The van der Waals surface area contributed by atoms with Gasteiger partial charge < -0.3 is 27.4 Å². The van der Waals surface area contributed by atoms with E-state index in [9.17, 15) is 9.59 Å². The molecule has 0 spiro atoms. The number of unbranched alkanes of at least 4 members (excludes halogenated alkanes) is 1.